The van der Waals surface area contributed by atoms with Crippen LogP contribution in [0.3, 0.4) is 0 Å². The van der Waals surface area contributed by atoms with Crippen LogP contribution in [-0.4, -0.2) is 27.7 Å². The van der Waals surface area contributed by atoms with Gasteiger partial charge < -0.3 is 10.5 Å². The molecule has 5 nitrogen and oxygen atoms in total. The van der Waals surface area contributed by atoms with Crippen molar-refractivity contribution in [2.45, 2.75) is 50.2 Å². The van der Waals surface area contributed by atoms with Gasteiger partial charge in [-0.05, 0) is 56.4 Å². The summed E-state index contributed by atoms with van der Waals surface area (Å²) in [4.78, 5) is 0.168. The lowest BCUT2D eigenvalue weighted by molar-refractivity contribution is 0.107. The monoisotopic (exact) mass is 298 g/mol. The quantitative estimate of drug-likeness (QED) is 0.830. The third kappa shape index (κ3) is 3.13. The van der Waals surface area contributed by atoms with E-state index in [0.29, 0.717) is 12.1 Å². The van der Waals surface area contributed by atoms with Crippen LogP contribution in [0.5, 0.6) is 0 Å². The Morgan fingerprint density at radius 2 is 1.90 bits per heavy atom. The number of aryl methyl sites for hydroxylation is 2. The molecule has 0 bridgehead atoms. The minimum Gasteiger partial charge on any atom is -0.398 e. The highest BCUT2D eigenvalue weighted by molar-refractivity contribution is 7.89. The molecule has 0 spiro atoms. The summed E-state index contributed by atoms with van der Waals surface area (Å²) >= 11 is 0. The van der Waals surface area contributed by atoms with Crippen LogP contribution in [0, 0.1) is 13.8 Å². The number of nitrogen functional groups attached to an aromatic ring is 1. The molecular formula is C14H22N2O3S. The van der Waals surface area contributed by atoms with Crippen LogP contribution < -0.4 is 10.5 Å². The smallest absolute Gasteiger partial charge is 0.242 e. The molecule has 0 radical (unpaired) electrons. The van der Waals surface area contributed by atoms with Crippen LogP contribution in [0.15, 0.2) is 17.0 Å². The van der Waals surface area contributed by atoms with Crippen molar-refractivity contribution in [1.82, 2.24) is 4.72 Å². The number of nitrogens with two attached hydrogens (primary N) is 1. The Kier molecular flexibility index (Phi) is 4.36. The van der Waals surface area contributed by atoms with Gasteiger partial charge in [-0.2, -0.15) is 0 Å². The normalized spacial score (nSPS) is 23.1. The molecule has 3 N–H and O–H groups in total. The van der Waals surface area contributed by atoms with Crippen LogP contribution in [0.25, 0.3) is 0 Å². The highest BCUT2D eigenvalue weighted by Gasteiger charge is 2.29. The second kappa shape index (κ2) is 5.71. The van der Waals surface area contributed by atoms with Gasteiger partial charge >= 0.3 is 0 Å². The summed E-state index contributed by atoms with van der Waals surface area (Å²) in [7, 11) is -1.92. The fourth-order valence-electron chi connectivity index (χ4n) is 2.59. The zero-order chi connectivity index (χ0) is 14.9. The second-order valence-corrected chi connectivity index (χ2v) is 7.15. The Hall–Kier alpha value is -1.11. The first-order chi connectivity index (χ1) is 9.33. The van der Waals surface area contributed by atoms with E-state index in [2.05, 4.69) is 4.72 Å². The van der Waals surface area contributed by atoms with E-state index >= 15 is 0 Å². The largest absolute Gasteiger partial charge is 0.398 e. The highest BCUT2D eigenvalue weighted by atomic mass is 32.2. The maximum Gasteiger partial charge on any atom is 0.242 e. The van der Waals surface area contributed by atoms with Crippen LogP contribution >= 0.6 is 0 Å². The molecule has 1 aliphatic carbocycles. The number of anilines is 1. The minimum atomic E-state index is -3.58. The molecule has 2 unspecified atom stereocenters. The third-order valence-corrected chi connectivity index (χ3v) is 5.53. The van der Waals surface area contributed by atoms with Gasteiger partial charge in [0.25, 0.3) is 0 Å². The number of rotatable bonds is 4. The van der Waals surface area contributed by atoms with E-state index < -0.39 is 10.0 Å². The molecule has 0 heterocycles. The summed E-state index contributed by atoms with van der Waals surface area (Å²) < 4.78 is 32.9. The van der Waals surface area contributed by atoms with Crippen LogP contribution in [-0.2, 0) is 14.8 Å². The average molecular weight is 298 g/mol. The topological polar surface area (TPSA) is 81.4 Å². The molecule has 1 fully saturated rings. The van der Waals surface area contributed by atoms with E-state index in [1.54, 1.807) is 19.2 Å². The molecule has 112 valence electrons. The van der Waals surface area contributed by atoms with Gasteiger partial charge in [-0.15, -0.1) is 0 Å². The van der Waals surface area contributed by atoms with E-state index in [4.69, 9.17) is 10.5 Å². The van der Waals surface area contributed by atoms with Crippen LogP contribution in [0.2, 0.25) is 0 Å². The van der Waals surface area contributed by atoms with Crippen molar-refractivity contribution < 1.29 is 13.2 Å². The predicted molar refractivity (Wildman–Crippen MR) is 79.1 cm³/mol. The van der Waals surface area contributed by atoms with Crippen molar-refractivity contribution in [3.05, 3.63) is 23.3 Å². The SMILES string of the molecule is COC1CCC(NS(=O)(=O)c2cc(C)c(C)cc2N)C1. The molecule has 0 aliphatic heterocycles. The van der Waals surface area contributed by atoms with E-state index in [-0.39, 0.29) is 17.0 Å². The summed E-state index contributed by atoms with van der Waals surface area (Å²) in [6, 6.07) is 3.26. The highest BCUT2D eigenvalue weighted by Crippen LogP contribution is 2.26. The average Bonchev–Trinajstić information content (AvgIpc) is 2.80. The van der Waals surface area contributed by atoms with Crippen molar-refractivity contribution in [2.75, 3.05) is 12.8 Å². The fraction of sp³-hybridized carbons (Fsp3) is 0.571. The maximum absolute atomic E-state index is 12.4. The van der Waals surface area contributed by atoms with Gasteiger partial charge in [0.05, 0.1) is 11.8 Å². The minimum absolute atomic E-state index is 0.0778. The molecule has 1 aromatic carbocycles. The van der Waals surface area contributed by atoms with Crippen molar-refractivity contribution in [2.24, 2.45) is 0 Å². The van der Waals surface area contributed by atoms with Gasteiger partial charge in [-0.1, -0.05) is 0 Å². The lowest BCUT2D eigenvalue weighted by Crippen LogP contribution is -2.34. The lowest BCUT2D eigenvalue weighted by atomic mass is 10.1. The number of benzene rings is 1. The number of ether oxygens (including phenoxy) is 1. The maximum atomic E-state index is 12.4. The number of sulfonamides is 1. The van der Waals surface area contributed by atoms with Gasteiger partial charge in [0, 0.05) is 13.2 Å². The Balaban J connectivity index is 2.21. The molecule has 1 aliphatic rings. The fourth-order valence-corrected chi connectivity index (χ4v) is 4.07. The molecule has 0 amide bonds. The predicted octanol–water partition coefficient (Wildman–Crippen LogP) is 1.73. The Labute approximate surface area is 120 Å². The molecule has 1 saturated carbocycles. The van der Waals surface area contributed by atoms with Gasteiger partial charge in [-0.25, -0.2) is 13.1 Å². The van der Waals surface area contributed by atoms with E-state index in [1.165, 1.54) is 0 Å². The van der Waals surface area contributed by atoms with Crippen molar-refractivity contribution in [1.29, 1.82) is 0 Å². The summed E-state index contributed by atoms with van der Waals surface area (Å²) in [6.07, 6.45) is 2.52. The molecule has 2 rings (SSSR count). The van der Waals surface area contributed by atoms with Crippen molar-refractivity contribution in [3.8, 4) is 0 Å². The Morgan fingerprint density at radius 3 is 2.50 bits per heavy atom. The Bertz CT molecular complexity index is 599. The van der Waals surface area contributed by atoms with Gasteiger partial charge in [0.15, 0.2) is 0 Å². The molecule has 0 saturated heterocycles. The van der Waals surface area contributed by atoms with E-state index in [9.17, 15) is 8.42 Å². The molecule has 6 heteroatoms. The van der Waals surface area contributed by atoms with Gasteiger partial charge in [0.2, 0.25) is 10.0 Å². The molecule has 0 aromatic heterocycles. The molecule has 1 aromatic rings. The number of methoxy groups -OCH3 is 1. The lowest BCUT2D eigenvalue weighted by Gasteiger charge is -2.15. The molecule has 2 atom stereocenters. The zero-order valence-electron chi connectivity index (χ0n) is 12.1. The molecular weight excluding hydrogens is 276 g/mol. The first kappa shape index (κ1) is 15.3. The molecule has 20 heavy (non-hydrogen) atoms. The summed E-state index contributed by atoms with van der Waals surface area (Å²) in [5.41, 5.74) is 8.06. The summed E-state index contributed by atoms with van der Waals surface area (Å²) in [6.45, 7) is 3.79. The van der Waals surface area contributed by atoms with Crippen molar-refractivity contribution >= 4 is 15.7 Å². The van der Waals surface area contributed by atoms with Crippen molar-refractivity contribution in [3.63, 3.8) is 0 Å². The number of hydrogen-bond acceptors (Lipinski definition) is 4. The first-order valence-electron chi connectivity index (χ1n) is 6.75. The van der Waals surface area contributed by atoms with E-state index in [1.807, 2.05) is 13.8 Å². The van der Waals surface area contributed by atoms with Gasteiger partial charge in [-0.3, -0.25) is 0 Å². The van der Waals surface area contributed by atoms with Crippen LogP contribution in [0.4, 0.5) is 5.69 Å². The standard InChI is InChI=1S/C14H22N2O3S/c1-9-6-13(15)14(7-10(9)2)20(17,18)16-11-4-5-12(8-11)19-3/h6-7,11-12,16H,4-5,8,15H2,1-3H3. The van der Waals surface area contributed by atoms with E-state index in [0.717, 1.165) is 24.0 Å². The zero-order valence-corrected chi connectivity index (χ0v) is 13.0. The number of hydrogen-bond donors (Lipinski definition) is 2. The first-order valence-corrected chi connectivity index (χ1v) is 8.23. The summed E-state index contributed by atoms with van der Waals surface area (Å²) in [5.74, 6) is 0. The number of nitrogens with one attached hydrogen (secondary N) is 1. The van der Waals surface area contributed by atoms with Gasteiger partial charge in [0.1, 0.15) is 4.90 Å². The Morgan fingerprint density at radius 1 is 1.25 bits per heavy atom. The van der Waals surface area contributed by atoms with Crippen LogP contribution in [0.1, 0.15) is 30.4 Å². The second-order valence-electron chi connectivity index (χ2n) is 5.46. The summed E-state index contributed by atoms with van der Waals surface area (Å²) in [5, 5.41) is 0. The third-order valence-electron chi connectivity index (χ3n) is 3.96.